The van der Waals surface area contributed by atoms with E-state index in [1.807, 2.05) is 85.8 Å². The Morgan fingerprint density at radius 3 is 2.28 bits per heavy atom. The molecular formula is C39H38Br2N2O8S2+2. The van der Waals surface area contributed by atoms with Gasteiger partial charge in [-0.15, -0.1) is 4.33 Å². The summed E-state index contributed by atoms with van der Waals surface area (Å²) in [6, 6.07) is 28.1. The van der Waals surface area contributed by atoms with Crippen LogP contribution in [0, 0.1) is 0 Å². The number of hydrogen-bond acceptors (Lipinski definition) is 8. The van der Waals surface area contributed by atoms with Crippen molar-refractivity contribution in [2.75, 3.05) is 12.3 Å². The van der Waals surface area contributed by atoms with Crippen molar-refractivity contribution >= 4 is 76.9 Å². The smallest absolute Gasteiger partial charge is 0.374 e. The highest BCUT2D eigenvalue weighted by Gasteiger charge is 2.59. The molecule has 5 aromatic rings. The zero-order valence-corrected chi connectivity index (χ0v) is 33.6. The normalized spacial score (nSPS) is 19.4. The Kier molecular flexibility index (Phi) is 11.6. The third-order valence-electron chi connectivity index (χ3n) is 9.84. The van der Waals surface area contributed by atoms with E-state index in [4.69, 9.17) is 14.4 Å². The van der Waals surface area contributed by atoms with Crippen LogP contribution in [0.1, 0.15) is 44.9 Å². The summed E-state index contributed by atoms with van der Waals surface area (Å²) < 4.78 is 58.3. The van der Waals surface area contributed by atoms with Crippen LogP contribution in [-0.4, -0.2) is 35.9 Å². The maximum absolute atomic E-state index is 13.1. The van der Waals surface area contributed by atoms with Crippen LogP contribution in [0.25, 0.3) is 39.4 Å². The fourth-order valence-electron chi connectivity index (χ4n) is 7.29. The summed E-state index contributed by atoms with van der Waals surface area (Å²) in [5.74, 6) is 2.27. The molecular weight excluding hydrogens is 848 g/mol. The molecule has 10 nitrogen and oxygen atoms in total. The minimum Gasteiger partial charge on any atom is -0.406 e. The zero-order chi connectivity index (χ0) is 37.2. The molecule has 53 heavy (non-hydrogen) atoms. The second-order valence-corrected chi connectivity index (χ2v) is 17.2. The molecule has 2 aliphatic heterocycles. The first-order valence-corrected chi connectivity index (χ1v) is 21.3. The van der Waals surface area contributed by atoms with Gasteiger partial charge in [0.05, 0.1) is 12.6 Å². The molecule has 2 unspecified atom stereocenters. The van der Waals surface area contributed by atoms with E-state index in [0.29, 0.717) is 61.3 Å². The number of allylic oxidation sites excluding steroid dienone is 2. The Morgan fingerprint density at radius 2 is 1.62 bits per heavy atom. The Balaban J connectivity index is 1.31. The van der Waals surface area contributed by atoms with Gasteiger partial charge in [-0.2, -0.15) is 13.0 Å². The summed E-state index contributed by atoms with van der Waals surface area (Å²) in [6.45, 7) is 3.13. The van der Waals surface area contributed by atoms with Crippen molar-refractivity contribution in [2.45, 2.75) is 50.9 Å². The molecule has 1 fully saturated rings. The van der Waals surface area contributed by atoms with Crippen LogP contribution in [-0.2, 0) is 26.0 Å². The summed E-state index contributed by atoms with van der Waals surface area (Å²) in [7, 11) is -4.46. The van der Waals surface area contributed by atoms with E-state index in [0.717, 1.165) is 72.8 Å². The van der Waals surface area contributed by atoms with Crippen LogP contribution in [0.5, 0.6) is 5.75 Å². The summed E-state index contributed by atoms with van der Waals surface area (Å²) in [4.78, 5) is 0. The molecule has 2 N–H and O–H groups in total. The fraction of sp³-hybridized carbons (Fsp3) is 0.256. The molecule has 0 radical (unpaired) electrons. The first kappa shape index (κ1) is 38.0. The van der Waals surface area contributed by atoms with Gasteiger partial charge in [-0.25, -0.2) is 9.74 Å². The first-order valence-electron chi connectivity index (χ1n) is 17.3. The highest BCUT2D eigenvalue weighted by molar-refractivity contribution is 9.10. The molecule has 276 valence electrons. The number of rotatable bonds is 13. The monoisotopic (exact) mass is 884 g/mol. The summed E-state index contributed by atoms with van der Waals surface area (Å²) >= 11 is 8.06. The number of aryl methyl sites for hydroxylation is 1. The number of hydrogen-bond donors (Lipinski definition) is 2. The third-order valence-corrected chi connectivity index (χ3v) is 12.8. The standard InChI is InChI=1S/C39H36Br2N2O8S2/c1-2-26(22-37-42(19-3-4-21-52-51-50-44)33-24-29(11-17-35(33)48-37)27-7-13-31(40)14-8-27)23-38-43(20-5-6-39(43)53(45,46)47)34-25-30(12-18-36(34)49-38)28-9-15-32(41)16-10-28/h7-18,22-25,39H,2-6,19-21H2,1H3/p+2/b26-22+,38-23-. The second-order valence-electron chi connectivity index (χ2n) is 13.0. The number of oxazole rings is 1. The van der Waals surface area contributed by atoms with Crippen LogP contribution in [0.2, 0.25) is 0 Å². The van der Waals surface area contributed by atoms with E-state index in [-0.39, 0.29) is 4.48 Å². The lowest BCUT2D eigenvalue weighted by Gasteiger charge is -2.32. The van der Waals surface area contributed by atoms with Crippen molar-refractivity contribution in [3.05, 3.63) is 117 Å². The fourth-order valence-corrected chi connectivity index (χ4v) is 9.49. The van der Waals surface area contributed by atoms with Gasteiger partial charge in [0, 0.05) is 64.2 Å². The first-order chi connectivity index (χ1) is 25.6. The highest BCUT2D eigenvalue weighted by Crippen LogP contribution is 2.53. The van der Waals surface area contributed by atoms with Crippen molar-refractivity contribution in [2.24, 2.45) is 0 Å². The molecule has 1 aromatic heterocycles. The lowest BCUT2D eigenvalue weighted by atomic mass is 10.0. The maximum Gasteiger partial charge on any atom is 0.374 e. The Morgan fingerprint density at radius 1 is 0.962 bits per heavy atom. The van der Waals surface area contributed by atoms with Crippen molar-refractivity contribution in [1.29, 1.82) is 0 Å². The average Bonchev–Trinajstić information content (AvgIpc) is 3.84. The van der Waals surface area contributed by atoms with Crippen molar-refractivity contribution in [3.63, 3.8) is 0 Å². The van der Waals surface area contributed by atoms with E-state index in [9.17, 15) is 13.0 Å². The molecule has 0 bridgehead atoms. The van der Waals surface area contributed by atoms with Crippen LogP contribution in [0.15, 0.2) is 116 Å². The topological polar surface area (TPSA) is 119 Å². The predicted molar refractivity (Wildman–Crippen MR) is 214 cm³/mol. The SMILES string of the molecule is CCC(/C=C1\Oc2ccc(-c3ccc(Br)cc3)cc2[N+]12CCCC2S(=O)(=O)O)=C\c1oc2ccc(-c3ccc(Br)cc3)cc2[n+]1CCCCSOOO. The summed E-state index contributed by atoms with van der Waals surface area (Å²) in [5.41, 5.74) is 7.26. The molecule has 1 spiro atoms. The van der Waals surface area contributed by atoms with Gasteiger partial charge >= 0.3 is 21.9 Å². The summed E-state index contributed by atoms with van der Waals surface area (Å²) in [6.07, 6.45) is 6.97. The van der Waals surface area contributed by atoms with Crippen LogP contribution in [0.3, 0.4) is 0 Å². The van der Waals surface area contributed by atoms with Gasteiger partial charge in [0.2, 0.25) is 11.0 Å². The van der Waals surface area contributed by atoms with Crippen LogP contribution >= 0.6 is 43.9 Å². The van der Waals surface area contributed by atoms with Gasteiger partial charge in [-0.3, -0.25) is 4.55 Å². The minimum absolute atomic E-state index is 0.121. The average molecular weight is 887 g/mol. The minimum atomic E-state index is -4.46. The van der Waals surface area contributed by atoms with E-state index in [1.54, 1.807) is 0 Å². The molecule has 1 saturated heterocycles. The molecule has 2 atom stereocenters. The van der Waals surface area contributed by atoms with Gasteiger partial charge < -0.3 is 9.15 Å². The van der Waals surface area contributed by atoms with E-state index < -0.39 is 15.5 Å². The number of unbranched alkanes of at least 4 members (excludes halogenated alkanes) is 1. The lowest BCUT2D eigenvalue weighted by Crippen LogP contribution is -2.54. The predicted octanol–water partition coefficient (Wildman–Crippen LogP) is 10.5. The van der Waals surface area contributed by atoms with Gasteiger partial charge in [0.15, 0.2) is 18.0 Å². The van der Waals surface area contributed by atoms with Crippen molar-refractivity contribution in [3.8, 4) is 28.0 Å². The lowest BCUT2D eigenvalue weighted by molar-refractivity contribution is -0.678. The molecule has 7 rings (SSSR count). The molecule has 4 aromatic carbocycles. The van der Waals surface area contributed by atoms with Gasteiger partial charge in [0.1, 0.15) is 0 Å². The number of halogens is 2. The number of aromatic nitrogens is 1. The van der Waals surface area contributed by atoms with E-state index >= 15 is 0 Å². The van der Waals surface area contributed by atoms with Crippen molar-refractivity contribution < 1.29 is 41.3 Å². The molecule has 0 amide bonds. The number of fused-ring (bicyclic) bond motifs is 3. The number of nitrogens with zero attached hydrogens (tertiary/aromatic N) is 2. The van der Waals surface area contributed by atoms with Gasteiger partial charge in [-0.05, 0) is 77.1 Å². The Labute approximate surface area is 329 Å². The van der Waals surface area contributed by atoms with Gasteiger partial charge in [-0.1, -0.05) is 80.2 Å². The Hall–Kier alpha value is -3.31. The molecule has 0 aliphatic carbocycles. The number of ether oxygens (including phenoxy) is 1. The quantitative estimate of drug-likeness (QED) is 0.0227. The number of quaternary nitrogens is 1. The van der Waals surface area contributed by atoms with Crippen LogP contribution in [0.4, 0.5) is 5.69 Å². The third kappa shape index (κ3) is 7.93. The van der Waals surface area contributed by atoms with E-state index in [2.05, 4.69) is 64.0 Å². The van der Waals surface area contributed by atoms with Gasteiger partial charge in [0.25, 0.3) is 5.52 Å². The Bertz CT molecular complexity index is 2290. The summed E-state index contributed by atoms with van der Waals surface area (Å²) in [5, 5.41) is 11.1. The van der Waals surface area contributed by atoms with Crippen LogP contribution < -0.4 is 13.8 Å². The largest absolute Gasteiger partial charge is 0.406 e. The number of benzene rings is 4. The molecule has 0 saturated carbocycles. The van der Waals surface area contributed by atoms with E-state index in [1.165, 1.54) is 0 Å². The highest BCUT2D eigenvalue weighted by atomic mass is 79.9. The maximum atomic E-state index is 13.1. The molecule has 3 heterocycles. The second kappa shape index (κ2) is 16.2. The van der Waals surface area contributed by atoms with Crippen molar-refractivity contribution in [1.82, 2.24) is 4.48 Å². The molecule has 2 aliphatic rings. The molecule has 14 heteroatoms. The zero-order valence-electron chi connectivity index (χ0n) is 28.8.